The monoisotopic (exact) mass is 230 g/mol. The Morgan fingerprint density at radius 1 is 1.27 bits per heavy atom. The number of carbonyl (C=O) groups excluding carboxylic acids is 1. The van der Waals surface area contributed by atoms with Gasteiger partial charge in [-0.3, -0.25) is 9.69 Å². The van der Waals surface area contributed by atoms with E-state index in [0.717, 1.165) is 32.2 Å². The Morgan fingerprint density at radius 3 is 2.27 bits per heavy atom. The van der Waals surface area contributed by atoms with Gasteiger partial charge in [-0.2, -0.15) is 0 Å². The zero-order chi connectivity index (χ0) is 10.8. The van der Waals surface area contributed by atoms with E-state index in [-0.39, 0.29) is 11.3 Å². The van der Waals surface area contributed by atoms with Crippen molar-refractivity contribution in [1.82, 2.24) is 9.80 Å². The quantitative estimate of drug-likeness (QED) is 0.668. The fourth-order valence-corrected chi connectivity index (χ4v) is 2.45. The van der Waals surface area contributed by atoms with Crippen LogP contribution in [0, 0.1) is 0 Å². The number of nitrogens with zero attached hydrogens (tertiary/aromatic N) is 2. The van der Waals surface area contributed by atoms with Crippen molar-refractivity contribution in [1.29, 1.82) is 0 Å². The Morgan fingerprint density at radius 2 is 1.87 bits per heavy atom. The number of hydrogen-bond donors (Lipinski definition) is 0. The lowest BCUT2D eigenvalue weighted by atomic mass is 9.91. The zero-order valence-corrected chi connectivity index (χ0v) is 10.0. The van der Waals surface area contributed by atoms with Gasteiger partial charge in [0.05, 0.1) is 0 Å². The van der Waals surface area contributed by atoms with Crippen molar-refractivity contribution in [2.24, 2.45) is 0 Å². The van der Waals surface area contributed by atoms with E-state index in [2.05, 4.69) is 4.90 Å². The smallest absolute Gasteiger partial charge is 0.240 e. The molecule has 1 atom stereocenters. The summed E-state index contributed by atoms with van der Waals surface area (Å²) < 4.78 is 0. The van der Waals surface area contributed by atoms with Crippen LogP contribution in [-0.4, -0.2) is 53.3 Å². The van der Waals surface area contributed by atoms with Crippen LogP contribution in [0.2, 0.25) is 0 Å². The maximum Gasteiger partial charge on any atom is 0.240 e. The number of rotatable bonds is 2. The van der Waals surface area contributed by atoms with Crippen LogP contribution in [0.15, 0.2) is 0 Å². The van der Waals surface area contributed by atoms with Gasteiger partial charge in [-0.15, -0.1) is 11.6 Å². The summed E-state index contributed by atoms with van der Waals surface area (Å²) in [5, 5.41) is -0.375. The van der Waals surface area contributed by atoms with E-state index in [1.165, 1.54) is 19.3 Å². The Hall–Kier alpha value is -0.280. The van der Waals surface area contributed by atoms with Gasteiger partial charge in [0.25, 0.3) is 0 Å². The topological polar surface area (TPSA) is 23.6 Å². The summed E-state index contributed by atoms with van der Waals surface area (Å²) in [6.45, 7) is 5.51. The number of hydrogen-bond acceptors (Lipinski definition) is 2. The highest BCUT2D eigenvalue weighted by Gasteiger charge is 2.30. The van der Waals surface area contributed by atoms with Gasteiger partial charge in [-0.25, -0.2) is 0 Å². The largest absolute Gasteiger partial charge is 0.339 e. The first-order chi connectivity index (χ1) is 7.18. The molecule has 0 bridgehead atoms. The highest BCUT2D eigenvalue weighted by Crippen LogP contribution is 2.25. The molecule has 0 aromatic heterocycles. The molecule has 0 unspecified atom stereocenters. The first kappa shape index (κ1) is 11.2. The second kappa shape index (κ2) is 4.71. The third kappa shape index (κ3) is 2.45. The average molecular weight is 231 g/mol. The lowest BCUT2D eigenvalue weighted by Crippen LogP contribution is -2.54. The molecule has 0 aromatic carbocycles. The van der Waals surface area contributed by atoms with Crippen molar-refractivity contribution >= 4 is 17.5 Å². The van der Waals surface area contributed by atoms with Crippen LogP contribution in [0.1, 0.15) is 26.2 Å². The summed E-state index contributed by atoms with van der Waals surface area (Å²) in [6, 6.07) is 0.802. The minimum Gasteiger partial charge on any atom is -0.339 e. The SMILES string of the molecule is C[C@@H](Cl)C(=O)N1CCN(C2CCC2)CC1. The van der Waals surface area contributed by atoms with E-state index in [4.69, 9.17) is 11.6 Å². The Labute approximate surface area is 96.4 Å². The molecule has 1 saturated carbocycles. The van der Waals surface area contributed by atoms with Gasteiger partial charge in [0.1, 0.15) is 5.38 Å². The summed E-state index contributed by atoms with van der Waals surface area (Å²) in [4.78, 5) is 16.0. The third-order valence-electron chi connectivity index (χ3n) is 3.56. The van der Waals surface area contributed by atoms with E-state index >= 15 is 0 Å². The molecule has 4 heteroatoms. The predicted octanol–water partition coefficient (Wildman–Crippen LogP) is 1.31. The van der Waals surface area contributed by atoms with Gasteiger partial charge in [0.15, 0.2) is 0 Å². The van der Waals surface area contributed by atoms with Crippen LogP contribution >= 0.6 is 11.6 Å². The normalized spacial score (nSPS) is 26.1. The van der Waals surface area contributed by atoms with Gasteiger partial charge >= 0.3 is 0 Å². The van der Waals surface area contributed by atoms with Crippen LogP contribution in [0.3, 0.4) is 0 Å². The van der Waals surface area contributed by atoms with Crippen LogP contribution < -0.4 is 0 Å². The lowest BCUT2D eigenvalue weighted by molar-refractivity contribution is -0.132. The van der Waals surface area contributed by atoms with E-state index in [0.29, 0.717) is 0 Å². The molecule has 3 nitrogen and oxygen atoms in total. The Kier molecular flexibility index (Phi) is 3.52. The molecular weight excluding hydrogens is 212 g/mol. The maximum atomic E-state index is 11.6. The van der Waals surface area contributed by atoms with Gasteiger partial charge in [0, 0.05) is 32.2 Å². The second-order valence-corrected chi connectivity index (χ2v) is 5.22. The van der Waals surface area contributed by atoms with E-state index < -0.39 is 0 Å². The summed E-state index contributed by atoms with van der Waals surface area (Å²) in [6.07, 6.45) is 4.07. The molecule has 1 heterocycles. The summed E-state index contributed by atoms with van der Waals surface area (Å²) in [7, 11) is 0. The molecule has 0 spiro atoms. The van der Waals surface area contributed by atoms with Crippen LogP contribution in [-0.2, 0) is 4.79 Å². The summed E-state index contributed by atoms with van der Waals surface area (Å²) >= 11 is 5.79. The molecule has 15 heavy (non-hydrogen) atoms. The standard InChI is InChI=1S/C11H19ClN2O/c1-9(12)11(15)14-7-5-13(6-8-14)10-3-2-4-10/h9-10H,2-8H2,1H3/t9-/m1/s1. The highest BCUT2D eigenvalue weighted by molar-refractivity contribution is 6.30. The number of piperazine rings is 1. The number of alkyl halides is 1. The van der Waals surface area contributed by atoms with Gasteiger partial charge in [-0.1, -0.05) is 6.42 Å². The molecule has 0 N–H and O–H groups in total. The second-order valence-electron chi connectivity index (χ2n) is 4.56. The molecule has 0 aromatic rings. The molecule has 86 valence electrons. The molecule has 2 aliphatic rings. The van der Waals surface area contributed by atoms with Gasteiger partial charge in [-0.05, 0) is 19.8 Å². The summed E-state index contributed by atoms with van der Waals surface area (Å²) in [5.74, 6) is 0.0879. The average Bonchev–Trinajstić information content (AvgIpc) is 2.15. The molecule has 0 radical (unpaired) electrons. The minimum atomic E-state index is -0.375. The van der Waals surface area contributed by atoms with Crippen molar-refractivity contribution < 1.29 is 4.79 Å². The van der Waals surface area contributed by atoms with Crippen molar-refractivity contribution in [3.63, 3.8) is 0 Å². The number of amides is 1. The molecule has 1 aliphatic carbocycles. The van der Waals surface area contributed by atoms with Crippen molar-refractivity contribution in [3.8, 4) is 0 Å². The first-order valence-corrected chi connectivity index (χ1v) is 6.29. The molecular formula is C11H19ClN2O. The van der Waals surface area contributed by atoms with Gasteiger partial charge < -0.3 is 4.90 Å². The predicted molar refractivity (Wildman–Crippen MR) is 61.1 cm³/mol. The van der Waals surface area contributed by atoms with Crippen molar-refractivity contribution in [2.75, 3.05) is 26.2 Å². The molecule has 1 saturated heterocycles. The van der Waals surface area contributed by atoms with Gasteiger partial charge in [0.2, 0.25) is 5.91 Å². The molecule has 1 amide bonds. The van der Waals surface area contributed by atoms with E-state index in [1.54, 1.807) is 6.92 Å². The van der Waals surface area contributed by atoms with E-state index in [1.807, 2.05) is 4.90 Å². The first-order valence-electron chi connectivity index (χ1n) is 5.85. The number of halogens is 1. The highest BCUT2D eigenvalue weighted by atomic mass is 35.5. The zero-order valence-electron chi connectivity index (χ0n) is 9.29. The minimum absolute atomic E-state index is 0.0879. The molecule has 2 rings (SSSR count). The van der Waals surface area contributed by atoms with Crippen LogP contribution in [0.5, 0.6) is 0 Å². The third-order valence-corrected chi connectivity index (χ3v) is 3.74. The van der Waals surface area contributed by atoms with Crippen molar-refractivity contribution in [2.45, 2.75) is 37.6 Å². The fraction of sp³-hybridized carbons (Fsp3) is 0.909. The lowest BCUT2D eigenvalue weighted by Gasteiger charge is -2.43. The van der Waals surface area contributed by atoms with E-state index in [9.17, 15) is 4.79 Å². The summed E-state index contributed by atoms with van der Waals surface area (Å²) in [5.41, 5.74) is 0. The molecule has 1 aliphatic heterocycles. The van der Waals surface area contributed by atoms with Crippen LogP contribution in [0.25, 0.3) is 0 Å². The Balaban J connectivity index is 1.78. The van der Waals surface area contributed by atoms with Crippen molar-refractivity contribution in [3.05, 3.63) is 0 Å². The Bertz CT molecular complexity index is 233. The number of carbonyl (C=O) groups is 1. The van der Waals surface area contributed by atoms with Crippen LogP contribution in [0.4, 0.5) is 0 Å². The maximum absolute atomic E-state index is 11.6. The molecule has 2 fully saturated rings. The fourth-order valence-electron chi connectivity index (χ4n) is 2.31.